The lowest BCUT2D eigenvalue weighted by atomic mass is 10.2. The average Bonchev–Trinajstić information content (AvgIpc) is 2.43. The molecule has 1 aromatic carbocycles. The lowest BCUT2D eigenvalue weighted by Gasteiger charge is -2.16. The number of methoxy groups -OCH3 is 1. The Labute approximate surface area is 119 Å². The second-order valence-corrected chi connectivity index (χ2v) is 6.06. The summed E-state index contributed by atoms with van der Waals surface area (Å²) in [6.45, 7) is 3.81. The largest absolute Gasteiger partial charge is 0.465 e. The number of hydrogen-bond donors (Lipinski definition) is 2. The maximum atomic E-state index is 12.2. The Morgan fingerprint density at radius 3 is 2.40 bits per heavy atom. The predicted octanol–water partition coefficient (Wildman–Crippen LogP) is 1.52. The molecule has 0 amide bonds. The summed E-state index contributed by atoms with van der Waals surface area (Å²) < 4.78 is 31.6. The van der Waals surface area contributed by atoms with Gasteiger partial charge in [0.05, 0.1) is 18.4 Å². The molecule has 0 radical (unpaired) electrons. The van der Waals surface area contributed by atoms with Crippen LogP contribution in [0, 0.1) is 0 Å². The summed E-state index contributed by atoms with van der Waals surface area (Å²) in [6, 6.07) is 3.85. The van der Waals surface area contributed by atoms with Crippen molar-refractivity contribution in [1.82, 2.24) is 4.72 Å². The van der Waals surface area contributed by atoms with Crippen LogP contribution in [-0.2, 0) is 14.8 Å². The standard InChI is InChI=1S/C13H20N2O4S/c1-4-10(5-2)15-20(17,18)12-7-6-9(8-11(12)14)13(16)19-3/h6-8,10,15H,4-5,14H2,1-3H3. The number of carbonyl (C=O) groups is 1. The quantitative estimate of drug-likeness (QED) is 0.613. The highest BCUT2D eigenvalue weighted by Crippen LogP contribution is 2.21. The molecule has 6 nitrogen and oxygen atoms in total. The number of nitrogen functional groups attached to an aromatic ring is 1. The van der Waals surface area contributed by atoms with Gasteiger partial charge in [-0.05, 0) is 31.0 Å². The third kappa shape index (κ3) is 3.71. The maximum absolute atomic E-state index is 12.2. The van der Waals surface area contributed by atoms with Crippen LogP contribution in [0.15, 0.2) is 23.1 Å². The fraction of sp³-hybridized carbons (Fsp3) is 0.462. The molecule has 7 heteroatoms. The molecular formula is C13H20N2O4S. The molecule has 0 atom stereocenters. The summed E-state index contributed by atoms with van der Waals surface area (Å²) >= 11 is 0. The van der Waals surface area contributed by atoms with E-state index in [1.165, 1.54) is 25.3 Å². The molecule has 0 spiro atoms. The molecule has 0 aliphatic heterocycles. The lowest BCUT2D eigenvalue weighted by Crippen LogP contribution is -2.34. The molecule has 0 saturated heterocycles. The van der Waals surface area contributed by atoms with Crippen molar-refractivity contribution in [2.24, 2.45) is 0 Å². The molecular weight excluding hydrogens is 280 g/mol. The predicted molar refractivity (Wildman–Crippen MR) is 76.9 cm³/mol. The zero-order valence-electron chi connectivity index (χ0n) is 11.8. The molecule has 112 valence electrons. The number of esters is 1. The van der Waals surface area contributed by atoms with E-state index in [4.69, 9.17) is 5.73 Å². The van der Waals surface area contributed by atoms with Gasteiger partial charge in [0.1, 0.15) is 4.90 Å². The zero-order chi connectivity index (χ0) is 15.3. The van der Waals surface area contributed by atoms with Gasteiger partial charge in [-0.1, -0.05) is 13.8 Å². The Hall–Kier alpha value is -1.60. The third-order valence-corrected chi connectivity index (χ3v) is 4.62. The first-order valence-electron chi connectivity index (χ1n) is 6.35. The number of rotatable bonds is 6. The maximum Gasteiger partial charge on any atom is 0.337 e. The summed E-state index contributed by atoms with van der Waals surface area (Å²) in [6.07, 6.45) is 1.38. The number of benzene rings is 1. The highest BCUT2D eigenvalue weighted by molar-refractivity contribution is 7.89. The van der Waals surface area contributed by atoms with Gasteiger partial charge in [-0.25, -0.2) is 17.9 Å². The first kappa shape index (κ1) is 16.5. The summed E-state index contributed by atoms with van der Waals surface area (Å²) in [7, 11) is -2.44. The van der Waals surface area contributed by atoms with Crippen molar-refractivity contribution in [1.29, 1.82) is 0 Å². The molecule has 0 aromatic heterocycles. The van der Waals surface area contributed by atoms with E-state index >= 15 is 0 Å². The molecule has 0 aliphatic carbocycles. The monoisotopic (exact) mass is 300 g/mol. The van der Waals surface area contributed by atoms with E-state index in [2.05, 4.69) is 9.46 Å². The van der Waals surface area contributed by atoms with Crippen LogP contribution in [0.2, 0.25) is 0 Å². The minimum Gasteiger partial charge on any atom is -0.465 e. The molecule has 0 saturated carbocycles. The highest BCUT2D eigenvalue weighted by Gasteiger charge is 2.21. The van der Waals surface area contributed by atoms with E-state index in [1.54, 1.807) is 0 Å². The van der Waals surface area contributed by atoms with Gasteiger partial charge >= 0.3 is 5.97 Å². The first-order chi connectivity index (χ1) is 9.35. The topological polar surface area (TPSA) is 98.5 Å². The van der Waals surface area contributed by atoms with Crippen LogP contribution < -0.4 is 10.5 Å². The van der Waals surface area contributed by atoms with Crippen molar-refractivity contribution in [3.05, 3.63) is 23.8 Å². The number of sulfonamides is 1. The smallest absolute Gasteiger partial charge is 0.337 e. The Morgan fingerprint density at radius 1 is 1.35 bits per heavy atom. The van der Waals surface area contributed by atoms with Gasteiger partial charge in [0.2, 0.25) is 10.0 Å². The number of anilines is 1. The molecule has 0 bridgehead atoms. The minimum atomic E-state index is -3.69. The SMILES string of the molecule is CCC(CC)NS(=O)(=O)c1ccc(C(=O)OC)cc1N. The zero-order valence-corrected chi connectivity index (χ0v) is 12.7. The van der Waals surface area contributed by atoms with Crippen molar-refractivity contribution in [3.63, 3.8) is 0 Å². The molecule has 0 fully saturated rings. The summed E-state index contributed by atoms with van der Waals surface area (Å²) in [5.74, 6) is -0.561. The summed E-state index contributed by atoms with van der Waals surface area (Å²) in [4.78, 5) is 11.3. The van der Waals surface area contributed by atoms with Crippen LogP contribution in [0.4, 0.5) is 5.69 Å². The lowest BCUT2D eigenvalue weighted by molar-refractivity contribution is 0.0600. The number of nitrogens with two attached hydrogens (primary N) is 1. The molecule has 0 heterocycles. The van der Waals surface area contributed by atoms with Crippen molar-refractivity contribution in [2.45, 2.75) is 37.6 Å². The second-order valence-electron chi connectivity index (χ2n) is 4.38. The van der Waals surface area contributed by atoms with Gasteiger partial charge in [-0.3, -0.25) is 0 Å². The van der Waals surface area contributed by atoms with E-state index < -0.39 is 16.0 Å². The Bertz CT molecular complexity index is 580. The van der Waals surface area contributed by atoms with Crippen molar-refractivity contribution in [3.8, 4) is 0 Å². The fourth-order valence-corrected chi connectivity index (χ4v) is 3.29. The Kier molecular flexibility index (Phi) is 5.52. The molecule has 0 aliphatic rings. The third-order valence-electron chi connectivity index (χ3n) is 3.03. The number of nitrogens with one attached hydrogen (secondary N) is 1. The Balaban J connectivity index is 3.11. The van der Waals surface area contributed by atoms with Crippen LogP contribution in [-0.4, -0.2) is 27.5 Å². The van der Waals surface area contributed by atoms with Crippen LogP contribution in [0.1, 0.15) is 37.0 Å². The highest BCUT2D eigenvalue weighted by atomic mass is 32.2. The molecule has 1 rings (SSSR count). The number of hydrogen-bond acceptors (Lipinski definition) is 5. The first-order valence-corrected chi connectivity index (χ1v) is 7.84. The Morgan fingerprint density at radius 2 is 1.95 bits per heavy atom. The normalized spacial score (nSPS) is 11.6. The van der Waals surface area contributed by atoms with Gasteiger partial charge in [-0.15, -0.1) is 0 Å². The summed E-state index contributed by atoms with van der Waals surface area (Å²) in [5.41, 5.74) is 5.97. The van der Waals surface area contributed by atoms with Crippen molar-refractivity contribution < 1.29 is 17.9 Å². The number of ether oxygens (including phenoxy) is 1. The van der Waals surface area contributed by atoms with E-state index in [1.807, 2.05) is 13.8 Å². The van der Waals surface area contributed by atoms with E-state index in [0.29, 0.717) is 12.8 Å². The van der Waals surface area contributed by atoms with Crippen LogP contribution in [0.25, 0.3) is 0 Å². The van der Waals surface area contributed by atoms with Crippen LogP contribution >= 0.6 is 0 Å². The van der Waals surface area contributed by atoms with Gasteiger partial charge in [0.15, 0.2) is 0 Å². The minimum absolute atomic E-state index is 0.0198. The molecule has 1 aromatic rings. The van der Waals surface area contributed by atoms with E-state index in [0.717, 1.165) is 0 Å². The van der Waals surface area contributed by atoms with Crippen LogP contribution in [0.3, 0.4) is 0 Å². The van der Waals surface area contributed by atoms with Gasteiger partial charge < -0.3 is 10.5 Å². The molecule has 0 unspecified atom stereocenters. The van der Waals surface area contributed by atoms with Gasteiger partial charge in [-0.2, -0.15) is 0 Å². The second kappa shape index (κ2) is 6.71. The fourth-order valence-electron chi connectivity index (χ4n) is 1.78. The van der Waals surface area contributed by atoms with Crippen molar-refractivity contribution in [2.75, 3.05) is 12.8 Å². The van der Waals surface area contributed by atoms with Crippen molar-refractivity contribution >= 4 is 21.7 Å². The van der Waals surface area contributed by atoms with Gasteiger partial charge in [0, 0.05) is 6.04 Å². The van der Waals surface area contributed by atoms with E-state index in [-0.39, 0.29) is 22.2 Å². The molecule has 20 heavy (non-hydrogen) atoms. The van der Waals surface area contributed by atoms with Crippen LogP contribution in [0.5, 0.6) is 0 Å². The van der Waals surface area contributed by atoms with E-state index in [9.17, 15) is 13.2 Å². The number of carbonyl (C=O) groups excluding carboxylic acids is 1. The molecule has 3 N–H and O–H groups in total. The average molecular weight is 300 g/mol. The summed E-state index contributed by atoms with van der Waals surface area (Å²) in [5, 5.41) is 0. The van der Waals surface area contributed by atoms with Gasteiger partial charge in [0.25, 0.3) is 0 Å².